The minimum atomic E-state index is -0.308. The van der Waals surface area contributed by atoms with Crippen LogP contribution in [0, 0.1) is 5.92 Å². The first-order valence-corrected chi connectivity index (χ1v) is 7.43. The number of aliphatic hydroxyl groups excluding tert-OH is 1. The lowest BCUT2D eigenvalue weighted by atomic mass is 9.86. The third-order valence-corrected chi connectivity index (χ3v) is 4.16. The predicted molar refractivity (Wildman–Crippen MR) is 86.5 cm³/mol. The number of nitrogens with one attached hydrogen (secondary N) is 1. The minimum absolute atomic E-state index is 0. The molecule has 0 aromatic heterocycles. The molecule has 1 aliphatic carbocycles. The average Bonchev–Trinajstić information content (AvgIpc) is 2.48. The van der Waals surface area contributed by atoms with E-state index in [-0.39, 0.29) is 36.3 Å². The lowest BCUT2D eigenvalue weighted by Gasteiger charge is -2.28. The second-order valence-corrected chi connectivity index (χ2v) is 5.56. The Hall–Kier alpha value is -1.10. The van der Waals surface area contributed by atoms with Crippen molar-refractivity contribution < 1.29 is 9.90 Å². The molecule has 0 heterocycles. The molecule has 4 nitrogen and oxygen atoms in total. The Balaban J connectivity index is 0.00000220. The lowest BCUT2D eigenvalue weighted by molar-refractivity contribution is -0.122. The molecule has 0 spiro atoms. The largest absolute Gasteiger partial charge is 0.393 e. The second-order valence-electron chi connectivity index (χ2n) is 5.56. The first-order chi connectivity index (χ1) is 9.72. The molecule has 118 valence electrons. The van der Waals surface area contributed by atoms with Crippen LogP contribution >= 0.6 is 12.4 Å². The molecule has 2 rings (SSSR count). The Morgan fingerprint density at radius 1 is 1.29 bits per heavy atom. The lowest BCUT2D eigenvalue weighted by Crippen LogP contribution is -2.40. The zero-order valence-electron chi connectivity index (χ0n) is 12.2. The Bertz CT molecular complexity index is 428. The summed E-state index contributed by atoms with van der Waals surface area (Å²) in [6.07, 6.45) is 3.77. The van der Waals surface area contributed by atoms with E-state index in [1.54, 1.807) is 0 Å². The summed E-state index contributed by atoms with van der Waals surface area (Å²) in [6, 6.07) is 9.60. The SMILES string of the molecule is Cl.NCC(C(=O)NCC1CCCCC1O)c1ccccc1. The summed E-state index contributed by atoms with van der Waals surface area (Å²) < 4.78 is 0. The fourth-order valence-corrected chi connectivity index (χ4v) is 2.86. The molecular weight excluding hydrogens is 288 g/mol. The van der Waals surface area contributed by atoms with Gasteiger partial charge in [0, 0.05) is 19.0 Å². The minimum Gasteiger partial charge on any atom is -0.393 e. The van der Waals surface area contributed by atoms with Gasteiger partial charge in [-0.1, -0.05) is 43.2 Å². The van der Waals surface area contributed by atoms with Crippen LogP contribution < -0.4 is 11.1 Å². The monoisotopic (exact) mass is 312 g/mol. The van der Waals surface area contributed by atoms with E-state index in [0.717, 1.165) is 31.2 Å². The van der Waals surface area contributed by atoms with E-state index in [0.29, 0.717) is 13.1 Å². The third kappa shape index (κ3) is 4.99. The van der Waals surface area contributed by atoms with Gasteiger partial charge in [0.2, 0.25) is 5.91 Å². The van der Waals surface area contributed by atoms with Gasteiger partial charge in [0.1, 0.15) is 0 Å². The van der Waals surface area contributed by atoms with E-state index < -0.39 is 0 Å². The number of rotatable bonds is 5. The highest BCUT2D eigenvalue weighted by Crippen LogP contribution is 2.24. The van der Waals surface area contributed by atoms with Crippen LogP contribution in [0.5, 0.6) is 0 Å². The van der Waals surface area contributed by atoms with Gasteiger partial charge in [-0.3, -0.25) is 4.79 Å². The molecule has 1 fully saturated rings. The summed E-state index contributed by atoms with van der Waals surface area (Å²) in [5, 5.41) is 12.9. The van der Waals surface area contributed by atoms with Crippen molar-refractivity contribution in [2.45, 2.75) is 37.7 Å². The van der Waals surface area contributed by atoms with Gasteiger partial charge >= 0.3 is 0 Å². The van der Waals surface area contributed by atoms with Crippen molar-refractivity contribution in [3.63, 3.8) is 0 Å². The van der Waals surface area contributed by atoms with Gasteiger partial charge in [-0.15, -0.1) is 12.4 Å². The molecule has 1 aromatic rings. The highest BCUT2D eigenvalue weighted by Gasteiger charge is 2.25. The third-order valence-electron chi connectivity index (χ3n) is 4.16. The van der Waals surface area contributed by atoms with Gasteiger partial charge in [-0.25, -0.2) is 0 Å². The molecular formula is C16H25ClN2O2. The summed E-state index contributed by atoms with van der Waals surface area (Å²) >= 11 is 0. The van der Waals surface area contributed by atoms with Crippen LogP contribution in [0.15, 0.2) is 30.3 Å². The van der Waals surface area contributed by atoms with Crippen molar-refractivity contribution in [2.75, 3.05) is 13.1 Å². The number of carbonyl (C=O) groups is 1. The Kier molecular flexibility index (Phi) is 7.72. The number of hydrogen-bond acceptors (Lipinski definition) is 3. The van der Waals surface area contributed by atoms with Crippen LogP contribution in [0.3, 0.4) is 0 Å². The highest BCUT2D eigenvalue weighted by atomic mass is 35.5. The zero-order valence-corrected chi connectivity index (χ0v) is 13.0. The van der Waals surface area contributed by atoms with E-state index in [4.69, 9.17) is 5.73 Å². The van der Waals surface area contributed by atoms with Gasteiger partial charge in [0.25, 0.3) is 0 Å². The Labute approximate surface area is 132 Å². The van der Waals surface area contributed by atoms with Crippen LogP contribution in [0.4, 0.5) is 0 Å². The number of hydrogen-bond donors (Lipinski definition) is 3. The Morgan fingerprint density at radius 3 is 2.57 bits per heavy atom. The number of benzene rings is 1. The van der Waals surface area contributed by atoms with Gasteiger partial charge in [-0.05, 0) is 18.4 Å². The molecule has 4 N–H and O–H groups in total. The van der Waals surface area contributed by atoms with Crippen molar-refractivity contribution in [3.05, 3.63) is 35.9 Å². The average molecular weight is 313 g/mol. The number of aliphatic hydroxyl groups is 1. The maximum atomic E-state index is 12.3. The molecule has 21 heavy (non-hydrogen) atoms. The van der Waals surface area contributed by atoms with Crippen LogP contribution in [0.25, 0.3) is 0 Å². The van der Waals surface area contributed by atoms with Crippen molar-refractivity contribution in [2.24, 2.45) is 11.7 Å². The smallest absolute Gasteiger partial charge is 0.228 e. The molecule has 1 amide bonds. The van der Waals surface area contributed by atoms with Gasteiger partial charge in [0.05, 0.1) is 12.0 Å². The molecule has 0 aliphatic heterocycles. The summed E-state index contributed by atoms with van der Waals surface area (Å²) in [4.78, 5) is 12.3. The van der Waals surface area contributed by atoms with E-state index in [2.05, 4.69) is 5.32 Å². The Morgan fingerprint density at radius 2 is 1.95 bits per heavy atom. The summed E-state index contributed by atoms with van der Waals surface area (Å²) in [5.74, 6) is -0.171. The summed E-state index contributed by atoms with van der Waals surface area (Å²) in [5.41, 5.74) is 6.67. The maximum Gasteiger partial charge on any atom is 0.228 e. The number of carbonyl (C=O) groups excluding carboxylic acids is 1. The van der Waals surface area contributed by atoms with Crippen molar-refractivity contribution >= 4 is 18.3 Å². The molecule has 1 aromatic carbocycles. The first-order valence-electron chi connectivity index (χ1n) is 7.43. The molecule has 1 saturated carbocycles. The van der Waals surface area contributed by atoms with Crippen molar-refractivity contribution in [3.8, 4) is 0 Å². The fraction of sp³-hybridized carbons (Fsp3) is 0.562. The number of nitrogens with two attached hydrogens (primary N) is 1. The van der Waals surface area contributed by atoms with Gasteiger partial charge in [-0.2, -0.15) is 0 Å². The van der Waals surface area contributed by atoms with Crippen molar-refractivity contribution in [1.82, 2.24) is 5.32 Å². The van der Waals surface area contributed by atoms with Crippen LogP contribution in [0.1, 0.15) is 37.2 Å². The van der Waals surface area contributed by atoms with Crippen molar-refractivity contribution in [1.29, 1.82) is 0 Å². The standard InChI is InChI=1S/C16H24N2O2.ClH/c17-10-14(12-6-2-1-3-7-12)16(20)18-11-13-8-4-5-9-15(13)19;/h1-3,6-7,13-15,19H,4-5,8-11,17H2,(H,18,20);1H. The van der Waals surface area contributed by atoms with Crippen LogP contribution in [-0.2, 0) is 4.79 Å². The zero-order chi connectivity index (χ0) is 14.4. The van der Waals surface area contributed by atoms with E-state index >= 15 is 0 Å². The predicted octanol–water partition coefficient (Wildman–Crippen LogP) is 1.82. The fourth-order valence-electron chi connectivity index (χ4n) is 2.86. The topological polar surface area (TPSA) is 75.4 Å². The maximum absolute atomic E-state index is 12.3. The molecule has 3 atom stereocenters. The highest BCUT2D eigenvalue weighted by molar-refractivity contribution is 5.85. The van der Waals surface area contributed by atoms with Crippen LogP contribution in [-0.4, -0.2) is 30.2 Å². The summed E-state index contributed by atoms with van der Waals surface area (Å²) in [6.45, 7) is 0.840. The van der Waals surface area contributed by atoms with Gasteiger partial charge in [0.15, 0.2) is 0 Å². The quantitative estimate of drug-likeness (QED) is 0.776. The second kappa shape index (κ2) is 9.03. The van der Waals surface area contributed by atoms with E-state index in [9.17, 15) is 9.90 Å². The van der Waals surface area contributed by atoms with E-state index in [1.807, 2.05) is 30.3 Å². The molecule has 0 radical (unpaired) electrons. The molecule has 3 unspecified atom stereocenters. The molecule has 5 heteroatoms. The molecule has 0 saturated heterocycles. The normalized spacial score (nSPS) is 23.0. The van der Waals surface area contributed by atoms with Gasteiger partial charge < -0.3 is 16.2 Å². The van der Waals surface area contributed by atoms with E-state index in [1.165, 1.54) is 0 Å². The molecule has 1 aliphatic rings. The summed E-state index contributed by atoms with van der Waals surface area (Å²) in [7, 11) is 0. The van der Waals surface area contributed by atoms with Crippen LogP contribution in [0.2, 0.25) is 0 Å². The first kappa shape index (κ1) is 18.0. The number of amides is 1. The molecule has 0 bridgehead atoms. The number of halogens is 1.